The average molecular weight is 217 g/mol. The summed E-state index contributed by atoms with van der Waals surface area (Å²) in [6.07, 6.45) is 1.96. The molecule has 0 aliphatic rings. The Morgan fingerprint density at radius 2 is 2.07 bits per heavy atom. The molecule has 0 fully saturated rings. The summed E-state index contributed by atoms with van der Waals surface area (Å²) in [5.41, 5.74) is -0.246. The van der Waals surface area contributed by atoms with Gasteiger partial charge >= 0.3 is 5.97 Å². The van der Waals surface area contributed by atoms with Gasteiger partial charge in [0.1, 0.15) is 0 Å². The standard InChI is InChI=1S/C11H23NO3/c1-5-6-7-15-10(13)8-12-9-11(2,3)14-4/h12H,5-9H2,1-4H3. The van der Waals surface area contributed by atoms with E-state index in [9.17, 15) is 4.79 Å². The van der Waals surface area contributed by atoms with Crippen LogP contribution in [0.4, 0.5) is 0 Å². The minimum Gasteiger partial charge on any atom is -0.465 e. The Morgan fingerprint density at radius 3 is 2.60 bits per heavy atom. The number of hydrogen-bond donors (Lipinski definition) is 1. The summed E-state index contributed by atoms with van der Waals surface area (Å²) < 4.78 is 10.2. The van der Waals surface area contributed by atoms with Crippen molar-refractivity contribution in [2.24, 2.45) is 0 Å². The maximum Gasteiger partial charge on any atom is 0.319 e. The van der Waals surface area contributed by atoms with Crippen LogP contribution >= 0.6 is 0 Å². The molecule has 0 amide bonds. The van der Waals surface area contributed by atoms with Gasteiger partial charge in [-0.2, -0.15) is 0 Å². The van der Waals surface area contributed by atoms with Gasteiger partial charge < -0.3 is 14.8 Å². The van der Waals surface area contributed by atoms with Crippen molar-refractivity contribution in [3.8, 4) is 0 Å². The monoisotopic (exact) mass is 217 g/mol. The molecule has 0 saturated carbocycles. The highest BCUT2D eigenvalue weighted by molar-refractivity contribution is 5.71. The highest BCUT2D eigenvalue weighted by atomic mass is 16.5. The van der Waals surface area contributed by atoms with Crippen molar-refractivity contribution in [3.63, 3.8) is 0 Å². The van der Waals surface area contributed by atoms with Gasteiger partial charge in [0.2, 0.25) is 0 Å². The second kappa shape index (κ2) is 7.65. The summed E-state index contributed by atoms with van der Waals surface area (Å²) >= 11 is 0. The van der Waals surface area contributed by atoms with Crippen LogP contribution in [0.15, 0.2) is 0 Å². The Bertz CT molecular complexity index is 181. The van der Waals surface area contributed by atoms with E-state index in [2.05, 4.69) is 12.2 Å². The van der Waals surface area contributed by atoms with Crippen LogP contribution in [0, 0.1) is 0 Å². The molecule has 0 aromatic carbocycles. The SMILES string of the molecule is CCCCOC(=O)CNCC(C)(C)OC. The maximum absolute atomic E-state index is 11.2. The Labute approximate surface area is 92.3 Å². The zero-order chi connectivity index (χ0) is 11.7. The van der Waals surface area contributed by atoms with Crippen molar-refractivity contribution in [2.45, 2.75) is 39.2 Å². The van der Waals surface area contributed by atoms with Crippen molar-refractivity contribution in [2.75, 3.05) is 26.8 Å². The lowest BCUT2D eigenvalue weighted by Gasteiger charge is -2.22. The molecule has 0 aromatic rings. The lowest BCUT2D eigenvalue weighted by molar-refractivity contribution is -0.142. The fourth-order valence-electron chi connectivity index (χ4n) is 0.919. The number of ether oxygens (including phenoxy) is 2. The molecule has 15 heavy (non-hydrogen) atoms. The molecular weight excluding hydrogens is 194 g/mol. The van der Waals surface area contributed by atoms with Gasteiger partial charge in [-0.15, -0.1) is 0 Å². The van der Waals surface area contributed by atoms with E-state index in [1.807, 2.05) is 13.8 Å². The number of hydrogen-bond acceptors (Lipinski definition) is 4. The molecule has 0 aromatic heterocycles. The van der Waals surface area contributed by atoms with Crippen LogP contribution in [-0.2, 0) is 14.3 Å². The van der Waals surface area contributed by atoms with Crippen molar-refractivity contribution in [1.29, 1.82) is 0 Å². The number of carbonyl (C=O) groups excluding carboxylic acids is 1. The van der Waals surface area contributed by atoms with E-state index >= 15 is 0 Å². The second-order valence-corrected chi connectivity index (χ2v) is 4.14. The summed E-state index contributed by atoms with van der Waals surface area (Å²) in [6.45, 7) is 7.38. The van der Waals surface area contributed by atoms with Crippen LogP contribution in [-0.4, -0.2) is 38.4 Å². The van der Waals surface area contributed by atoms with Gasteiger partial charge in [-0.1, -0.05) is 13.3 Å². The molecule has 0 bridgehead atoms. The fourth-order valence-corrected chi connectivity index (χ4v) is 0.919. The lowest BCUT2D eigenvalue weighted by Crippen LogP contribution is -2.39. The molecule has 4 nitrogen and oxygen atoms in total. The van der Waals surface area contributed by atoms with Gasteiger partial charge in [-0.3, -0.25) is 4.79 Å². The molecule has 0 aliphatic heterocycles. The summed E-state index contributed by atoms with van der Waals surface area (Å²) in [5, 5.41) is 3.00. The first-order chi connectivity index (χ1) is 7.02. The fraction of sp³-hybridized carbons (Fsp3) is 0.909. The Kier molecular flexibility index (Phi) is 7.34. The third-order valence-electron chi connectivity index (χ3n) is 2.13. The predicted molar refractivity (Wildman–Crippen MR) is 59.8 cm³/mol. The molecule has 1 N–H and O–H groups in total. The Morgan fingerprint density at radius 1 is 1.40 bits per heavy atom. The topological polar surface area (TPSA) is 47.6 Å². The van der Waals surface area contributed by atoms with E-state index in [0.29, 0.717) is 13.2 Å². The number of carbonyl (C=O) groups is 1. The largest absolute Gasteiger partial charge is 0.465 e. The van der Waals surface area contributed by atoms with Gasteiger partial charge in [-0.25, -0.2) is 0 Å². The van der Waals surface area contributed by atoms with Crippen molar-refractivity contribution in [1.82, 2.24) is 5.32 Å². The van der Waals surface area contributed by atoms with Crippen LogP contribution in [0.1, 0.15) is 33.6 Å². The first kappa shape index (κ1) is 14.4. The van der Waals surface area contributed by atoms with E-state index < -0.39 is 0 Å². The van der Waals surface area contributed by atoms with E-state index in [0.717, 1.165) is 12.8 Å². The Hall–Kier alpha value is -0.610. The van der Waals surface area contributed by atoms with Gasteiger partial charge in [0.25, 0.3) is 0 Å². The molecular formula is C11H23NO3. The third-order valence-corrected chi connectivity index (χ3v) is 2.13. The number of esters is 1. The van der Waals surface area contributed by atoms with Crippen LogP contribution in [0.2, 0.25) is 0 Å². The van der Waals surface area contributed by atoms with Gasteiger partial charge in [0.05, 0.1) is 18.8 Å². The summed E-state index contributed by atoms with van der Waals surface area (Å²) in [5.74, 6) is -0.199. The molecule has 0 rings (SSSR count). The zero-order valence-electron chi connectivity index (χ0n) is 10.3. The minimum atomic E-state index is -0.246. The van der Waals surface area contributed by atoms with Crippen molar-refractivity contribution < 1.29 is 14.3 Å². The summed E-state index contributed by atoms with van der Waals surface area (Å²) in [4.78, 5) is 11.2. The molecule has 0 atom stereocenters. The molecule has 0 radical (unpaired) electrons. The zero-order valence-corrected chi connectivity index (χ0v) is 10.3. The van der Waals surface area contributed by atoms with Crippen LogP contribution in [0.3, 0.4) is 0 Å². The van der Waals surface area contributed by atoms with Crippen LogP contribution < -0.4 is 5.32 Å². The van der Waals surface area contributed by atoms with E-state index in [1.165, 1.54) is 0 Å². The minimum absolute atomic E-state index is 0.199. The van der Waals surface area contributed by atoms with Crippen molar-refractivity contribution in [3.05, 3.63) is 0 Å². The van der Waals surface area contributed by atoms with Crippen LogP contribution in [0.5, 0.6) is 0 Å². The highest BCUT2D eigenvalue weighted by Gasteiger charge is 2.15. The van der Waals surface area contributed by atoms with E-state index in [1.54, 1.807) is 7.11 Å². The first-order valence-electron chi connectivity index (χ1n) is 5.43. The number of nitrogens with one attached hydrogen (secondary N) is 1. The molecule has 0 heterocycles. The normalized spacial score (nSPS) is 11.5. The third kappa shape index (κ3) is 8.39. The quantitative estimate of drug-likeness (QED) is 0.492. The Balaban J connectivity index is 3.46. The molecule has 4 heteroatoms. The van der Waals surface area contributed by atoms with E-state index in [4.69, 9.17) is 9.47 Å². The smallest absolute Gasteiger partial charge is 0.319 e. The van der Waals surface area contributed by atoms with Gasteiger partial charge in [0.15, 0.2) is 0 Å². The first-order valence-corrected chi connectivity index (χ1v) is 5.43. The molecule has 0 aliphatic carbocycles. The average Bonchev–Trinajstić information content (AvgIpc) is 2.18. The number of rotatable bonds is 8. The highest BCUT2D eigenvalue weighted by Crippen LogP contribution is 2.04. The summed E-state index contributed by atoms with van der Waals surface area (Å²) in [6, 6.07) is 0. The molecule has 0 saturated heterocycles. The van der Waals surface area contributed by atoms with E-state index in [-0.39, 0.29) is 18.1 Å². The lowest BCUT2D eigenvalue weighted by atomic mass is 10.1. The second-order valence-electron chi connectivity index (χ2n) is 4.14. The van der Waals surface area contributed by atoms with Gasteiger partial charge in [0, 0.05) is 13.7 Å². The molecule has 0 spiro atoms. The summed E-state index contributed by atoms with van der Waals surface area (Å²) in [7, 11) is 1.65. The number of methoxy groups -OCH3 is 1. The molecule has 0 unspecified atom stereocenters. The van der Waals surface area contributed by atoms with Gasteiger partial charge in [-0.05, 0) is 20.3 Å². The maximum atomic E-state index is 11.2. The number of unbranched alkanes of at least 4 members (excludes halogenated alkanes) is 1. The van der Waals surface area contributed by atoms with Crippen molar-refractivity contribution >= 4 is 5.97 Å². The molecule has 90 valence electrons. The predicted octanol–water partition coefficient (Wildman–Crippen LogP) is 1.34. The van der Waals surface area contributed by atoms with Crippen LogP contribution in [0.25, 0.3) is 0 Å².